The summed E-state index contributed by atoms with van der Waals surface area (Å²) >= 11 is 0. The zero-order valence-corrected chi connectivity index (χ0v) is 12.3. The molecule has 0 saturated carbocycles. The van der Waals surface area contributed by atoms with Crippen molar-refractivity contribution in [2.75, 3.05) is 32.7 Å². The molecule has 0 aliphatic carbocycles. The lowest BCUT2D eigenvalue weighted by Crippen LogP contribution is -2.48. The Morgan fingerprint density at radius 2 is 2.15 bits per heavy atom. The van der Waals surface area contributed by atoms with Crippen LogP contribution in [-0.4, -0.2) is 48.4 Å². The summed E-state index contributed by atoms with van der Waals surface area (Å²) < 4.78 is 5.36. The van der Waals surface area contributed by atoms with Crippen molar-refractivity contribution in [3.8, 4) is 0 Å². The van der Waals surface area contributed by atoms with E-state index in [2.05, 4.69) is 11.8 Å². The molecule has 1 atom stereocenters. The van der Waals surface area contributed by atoms with Crippen molar-refractivity contribution < 1.29 is 9.21 Å². The Hall–Kier alpha value is -1.33. The molecule has 0 aromatic carbocycles. The molecule has 0 bridgehead atoms. The van der Waals surface area contributed by atoms with Crippen LogP contribution in [0.4, 0.5) is 0 Å². The smallest absolute Gasteiger partial charge is 0.222 e. The van der Waals surface area contributed by atoms with Crippen LogP contribution in [-0.2, 0) is 11.3 Å². The Morgan fingerprint density at radius 3 is 2.70 bits per heavy atom. The highest BCUT2D eigenvalue weighted by Gasteiger charge is 2.23. The van der Waals surface area contributed by atoms with Crippen LogP contribution in [0.2, 0.25) is 0 Å². The largest absolute Gasteiger partial charge is 0.468 e. The number of carbonyl (C=O) groups is 1. The second kappa shape index (κ2) is 7.45. The molecule has 5 heteroatoms. The Balaban J connectivity index is 1.74. The zero-order chi connectivity index (χ0) is 14.4. The Bertz CT molecular complexity index is 393. The van der Waals surface area contributed by atoms with Crippen molar-refractivity contribution >= 4 is 5.91 Å². The summed E-state index contributed by atoms with van der Waals surface area (Å²) in [5.41, 5.74) is 5.67. The van der Waals surface area contributed by atoms with Crippen LogP contribution < -0.4 is 5.73 Å². The maximum Gasteiger partial charge on any atom is 0.222 e. The second-order valence-corrected chi connectivity index (χ2v) is 5.45. The van der Waals surface area contributed by atoms with E-state index in [9.17, 15) is 4.79 Å². The van der Waals surface area contributed by atoms with E-state index in [-0.39, 0.29) is 5.91 Å². The van der Waals surface area contributed by atoms with E-state index in [0.29, 0.717) is 18.9 Å². The number of furan rings is 1. The highest BCUT2D eigenvalue weighted by atomic mass is 16.3. The van der Waals surface area contributed by atoms with E-state index in [4.69, 9.17) is 10.2 Å². The average molecular weight is 279 g/mol. The van der Waals surface area contributed by atoms with E-state index in [1.807, 2.05) is 17.0 Å². The maximum absolute atomic E-state index is 12.2. The third kappa shape index (κ3) is 4.08. The van der Waals surface area contributed by atoms with Gasteiger partial charge in [0, 0.05) is 32.6 Å². The van der Waals surface area contributed by atoms with Crippen LogP contribution in [0, 0.1) is 5.92 Å². The van der Waals surface area contributed by atoms with Crippen LogP contribution in [0.5, 0.6) is 0 Å². The summed E-state index contributed by atoms with van der Waals surface area (Å²) in [4.78, 5) is 16.5. The molecule has 2 N–H and O–H groups in total. The molecule has 20 heavy (non-hydrogen) atoms. The predicted octanol–water partition coefficient (Wildman–Crippen LogP) is 1.30. The summed E-state index contributed by atoms with van der Waals surface area (Å²) in [5.74, 6) is 1.56. The van der Waals surface area contributed by atoms with Gasteiger partial charge in [-0.05, 0) is 24.6 Å². The first kappa shape index (κ1) is 15.1. The van der Waals surface area contributed by atoms with E-state index >= 15 is 0 Å². The number of piperazine rings is 1. The topological polar surface area (TPSA) is 62.7 Å². The number of rotatable bonds is 6. The minimum absolute atomic E-state index is 0.250. The fraction of sp³-hybridized carbons (Fsp3) is 0.667. The highest BCUT2D eigenvalue weighted by Crippen LogP contribution is 2.13. The minimum Gasteiger partial charge on any atom is -0.468 e. The minimum atomic E-state index is 0.250. The quantitative estimate of drug-likeness (QED) is 0.852. The van der Waals surface area contributed by atoms with E-state index in [0.717, 1.165) is 44.9 Å². The molecule has 1 fully saturated rings. The van der Waals surface area contributed by atoms with Gasteiger partial charge in [0.2, 0.25) is 5.91 Å². The average Bonchev–Trinajstić information content (AvgIpc) is 2.98. The van der Waals surface area contributed by atoms with Gasteiger partial charge in [-0.1, -0.05) is 13.3 Å². The molecule has 112 valence electrons. The zero-order valence-electron chi connectivity index (χ0n) is 12.3. The fourth-order valence-electron chi connectivity index (χ4n) is 2.55. The lowest BCUT2D eigenvalue weighted by Gasteiger charge is -2.34. The van der Waals surface area contributed by atoms with Gasteiger partial charge in [-0.2, -0.15) is 0 Å². The molecule has 2 heterocycles. The SMILES string of the molecule is CCC(CN)CC(=O)N1CCN(Cc2ccco2)CC1. The molecule has 2 rings (SSSR count). The Kier molecular flexibility index (Phi) is 5.61. The number of hydrogen-bond acceptors (Lipinski definition) is 4. The Labute approximate surface area is 120 Å². The monoisotopic (exact) mass is 279 g/mol. The Morgan fingerprint density at radius 1 is 1.40 bits per heavy atom. The lowest BCUT2D eigenvalue weighted by molar-refractivity contribution is -0.134. The van der Waals surface area contributed by atoms with Crippen molar-refractivity contribution in [2.45, 2.75) is 26.3 Å². The number of carbonyl (C=O) groups excluding carboxylic acids is 1. The number of nitrogens with two attached hydrogens (primary N) is 1. The highest BCUT2D eigenvalue weighted by molar-refractivity contribution is 5.76. The molecular formula is C15H25N3O2. The van der Waals surface area contributed by atoms with Crippen LogP contribution >= 0.6 is 0 Å². The molecule has 1 aliphatic rings. The molecule has 0 radical (unpaired) electrons. The fourth-order valence-corrected chi connectivity index (χ4v) is 2.55. The second-order valence-electron chi connectivity index (χ2n) is 5.45. The van der Waals surface area contributed by atoms with E-state index in [1.165, 1.54) is 0 Å². The molecule has 0 spiro atoms. The van der Waals surface area contributed by atoms with E-state index in [1.54, 1.807) is 6.26 Å². The van der Waals surface area contributed by atoms with Gasteiger partial charge in [-0.15, -0.1) is 0 Å². The third-order valence-corrected chi connectivity index (χ3v) is 4.06. The number of nitrogens with zero attached hydrogens (tertiary/aromatic N) is 2. The lowest BCUT2D eigenvalue weighted by atomic mass is 10.0. The predicted molar refractivity (Wildman–Crippen MR) is 78.0 cm³/mol. The van der Waals surface area contributed by atoms with Crippen molar-refractivity contribution in [1.29, 1.82) is 0 Å². The molecular weight excluding hydrogens is 254 g/mol. The van der Waals surface area contributed by atoms with Crippen LogP contribution in [0.3, 0.4) is 0 Å². The normalized spacial score (nSPS) is 18.2. The molecule has 1 aromatic heterocycles. The number of hydrogen-bond donors (Lipinski definition) is 1. The van der Waals surface area contributed by atoms with Gasteiger partial charge in [0.05, 0.1) is 12.8 Å². The molecule has 1 amide bonds. The number of amides is 1. The van der Waals surface area contributed by atoms with Crippen molar-refractivity contribution in [3.05, 3.63) is 24.2 Å². The van der Waals surface area contributed by atoms with Crippen LogP contribution in [0.25, 0.3) is 0 Å². The molecule has 1 aliphatic heterocycles. The van der Waals surface area contributed by atoms with E-state index < -0.39 is 0 Å². The summed E-state index contributed by atoms with van der Waals surface area (Å²) in [6, 6.07) is 3.90. The first-order chi connectivity index (χ1) is 9.72. The molecule has 1 aromatic rings. The van der Waals surface area contributed by atoms with Gasteiger partial charge >= 0.3 is 0 Å². The first-order valence-corrected chi connectivity index (χ1v) is 7.45. The van der Waals surface area contributed by atoms with Gasteiger partial charge < -0.3 is 15.1 Å². The summed E-state index contributed by atoms with van der Waals surface area (Å²) in [6.45, 7) is 6.95. The van der Waals surface area contributed by atoms with Crippen molar-refractivity contribution in [1.82, 2.24) is 9.80 Å². The van der Waals surface area contributed by atoms with Crippen LogP contribution in [0.15, 0.2) is 22.8 Å². The maximum atomic E-state index is 12.2. The van der Waals surface area contributed by atoms with Gasteiger partial charge in [-0.25, -0.2) is 0 Å². The van der Waals surface area contributed by atoms with Crippen molar-refractivity contribution in [3.63, 3.8) is 0 Å². The standard InChI is InChI=1S/C15H25N3O2/c1-2-13(11-16)10-15(19)18-7-5-17(6-8-18)12-14-4-3-9-20-14/h3-4,9,13H,2,5-8,10-12,16H2,1H3. The molecule has 1 unspecified atom stereocenters. The first-order valence-electron chi connectivity index (χ1n) is 7.45. The van der Waals surface area contributed by atoms with Crippen molar-refractivity contribution in [2.24, 2.45) is 11.7 Å². The van der Waals surface area contributed by atoms with Crippen LogP contribution in [0.1, 0.15) is 25.5 Å². The summed E-state index contributed by atoms with van der Waals surface area (Å²) in [7, 11) is 0. The van der Waals surface area contributed by atoms with Gasteiger partial charge in [-0.3, -0.25) is 9.69 Å². The van der Waals surface area contributed by atoms with Gasteiger partial charge in [0.1, 0.15) is 5.76 Å². The van der Waals surface area contributed by atoms with Gasteiger partial charge in [0.25, 0.3) is 0 Å². The third-order valence-electron chi connectivity index (χ3n) is 4.06. The van der Waals surface area contributed by atoms with Gasteiger partial charge in [0.15, 0.2) is 0 Å². The summed E-state index contributed by atoms with van der Waals surface area (Å²) in [6.07, 6.45) is 3.26. The molecule has 5 nitrogen and oxygen atoms in total. The summed E-state index contributed by atoms with van der Waals surface area (Å²) in [5, 5.41) is 0. The molecule has 1 saturated heterocycles.